The number of nitriles is 1. The Hall–Kier alpha value is -4.38. The Morgan fingerprint density at radius 2 is 1.90 bits per heavy atom. The van der Waals surface area contributed by atoms with Crippen LogP contribution in [0.5, 0.6) is 5.75 Å². The maximum atomic E-state index is 14.7. The van der Waals surface area contributed by atoms with Gasteiger partial charge in [0.2, 0.25) is 0 Å². The van der Waals surface area contributed by atoms with Crippen molar-refractivity contribution in [1.29, 1.82) is 5.26 Å². The lowest BCUT2D eigenvalue weighted by atomic mass is 10.00. The van der Waals surface area contributed by atoms with Crippen LogP contribution in [0.15, 0.2) is 60.8 Å². The topological polar surface area (TPSA) is 98.9 Å². The van der Waals surface area contributed by atoms with Gasteiger partial charge < -0.3 is 10.4 Å². The van der Waals surface area contributed by atoms with Crippen LogP contribution in [0, 0.1) is 23.0 Å². The zero-order chi connectivity index (χ0) is 21.3. The first-order valence-corrected chi connectivity index (χ1v) is 8.72. The monoisotopic (exact) mass is 402 g/mol. The number of anilines is 1. The number of fused-ring (bicyclic) bond motifs is 1. The number of pyridine rings is 2. The number of phenolic OH excluding ortho intramolecular Hbond substituents is 1. The normalized spacial score (nSPS) is 10.6. The second-order valence-electron chi connectivity index (χ2n) is 6.36. The highest BCUT2D eigenvalue weighted by Crippen LogP contribution is 2.34. The number of aromatic nitrogens is 2. The van der Waals surface area contributed by atoms with Crippen LogP contribution in [0.3, 0.4) is 0 Å². The summed E-state index contributed by atoms with van der Waals surface area (Å²) >= 11 is 0. The molecule has 0 bridgehead atoms. The van der Waals surface area contributed by atoms with Crippen molar-refractivity contribution in [3.8, 4) is 22.9 Å². The van der Waals surface area contributed by atoms with E-state index in [9.17, 15) is 18.7 Å². The van der Waals surface area contributed by atoms with Gasteiger partial charge in [-0.3, -0.25) is 4.79 Å². The second-order valence-corrected chi connectivity index (χ2v) is 6.36. The molecule has 6 nitrogen and oxygen atoms in total. The minimum atomic E-state index is -0.919. The van der Waals surface area contributed by atoms with Crippen molar-refractivity contribution in [2.75, 3.05) is 5.32 Å². The van der Waals surface area contributed by atoms with Gasteiger partial charge in [-0.2, -0.15) is 5.26 Å². The van der Waals surface area contributed by atoms with E-state index >= 15 is 0 Å². The summed E-state index contributed by atoms with van der Waals surface area (Å²) in [5.41, 5.74) is -0.154. The fraction of sp³-hybridized carbons (Fsp3) is 0. The number of halogens is 2. The number of rotatable bonds is 3. The molecule has 30 heavy (non-hydrogen) atoms. The molecular weight excluding hydrogens is 390 g/mol. The minimum Gasteiger partial charge on any atom is -0.507 e. The molecule has 0 aliphatic heterocycles. The summed E-state index contributed by atoms with van der Waals surface area (Å²) in [7, 11) is 0. The van der Waals surface area contributed by atoms with E-state index in [0.29, 0.717) is 5.65 Å². The number of nitrogens with one attached hydrogen (secondary N) is 1. The summed E-state index contributed by atoms with van der Waals surface area (Å²) in [6, 6.07) is 14.0. The lowest BCUT2D eigenvalue weighted by Gasteiger charge is -2.10. The van der Waals surface area contributed by atoms with E-state index in [1.165, 1.54) is 12.1 Å². The van der Waals surface area contributed by atoms with E-state index in [1.54, 1.807) is 30.5 Å². The molecule has 2 N–H and O–H groups in total. The van der Waals surface area contributed by atoms with Crippen LogP contribution in [-0.4, -0.2) is 21.0 Å². The first-order chi connectivity index (χ1) is 14.5. The van der Waals surface area contributed by atoms with Gasteiger partial charge in [-0.1, -0.05) is 6.07 Å². The molecule has 0 unspecified atom stereocenters. The summed E-state index contributed by atoms with van der Waals surface area (Å²) in [5.74, 6) is -2.78. The third kappa shape index (κ3) is 3.52. The van der Waals surface area contributed by atoms with Crippen LogP contribution in [0.4, 0.5) is 14.6 Å². The molecule has 0 aliphatic rings. The summed E-state index contributed by atoms with van der Waals surface area (Å²) in [4.78, 5) is 20.8. The highest BCUT2D eigenvalue weighted by atomic mass is 19.1. The lowest BCUT2D eigenvalue weighted by molar-refractivity contribution is 0.102. The molecule has 0 saturated heterocycles. The highest BCUT2D eigenvalue weighted by molar-refractivity contribution is 6.05. The molecule has 0 atom stereocenters. The van der Waals surface area contributed by atoms with Gasteiger partial charge in [0, 0.05) is 17.1 Å². The largest absolute Gasteiger partial charge is 0.507 e. The fourth-order valence-corrected chi connectivity index (χ4v) is 2.98. The third-order valence-electron chi connectivity index (χ3n) is 4.42. The van der Waals surface area contributed by atoms with Gasteiger partial charge >= 0.3 is 0 Å². The Kier molecular flexibility index (Phi) is 4.78. The number of hydrogen-bond acceptors (Lipinski definition) is 5. The molecule has 0 saturated carbocycles. The number of carbonyl (C=O) groups excluding carboxylic acids is 1. The maximum absolute atomic E-state index is 14.7. The van der Waals surface area contributed by atoms with Crippen molar-refractivity contribution in [2.24, 2.45) is 0 Å². The zero-order valence-corrected chi connectivity index (χ0v) is 15.2. The number of amides is 1. The van der Waals surface area contributed by atoms with Gasteiger partial charge in [-0.15, -0.1) is 0 Å². The number of hydrogen-bond donors (Lipinski definition) is 2. The maximum Gasteiger partial charge on any atom is 0.257 e. The Morgan fingerprint density at radius 1 is 1.07 bits per heavy atom. The Bertz CT molecular complexity index is 1330. The molecule has 1 amide bonds. The average Bonchev–Trinajstić information content (AvgIpc) is 2.73. The van der Waals surface area contributed by atoms with Gasteiger partial charge in [0.05, 0.1) is 11.1 Å². The number of carbonyl (C=O) groups is 1. The predicted molar refractivity (Wildman–Crippen MR) is 106 cm³/mol. The quantitative estimate of drug-likeness (QED) is 0.529. The summed E-state index contributed by atoms with van der Waals surface area (Å²) in [6.07, 6.45) is 1.57. The lowest BCUT2D eigenvalue weighted by Crippen LogP contribution is -2.13. The Morgan fingerprint density at radius 3 is 2.63 bits per heavy atom. The summed E-state index contributed by atoms with van der Waals surface area (Å²) < 4.78 is 28.5. The highest BCUT2D eigenvalue weighted by Gasteiger charge is 2.18. The average molecular weight is 402 g/mol. The van der Waals surface area contributed by atoms with Crippen molar-refractivity contribution in [1.82, 2.24) is 9.97 Å². The smallest absolute Gasteiger partial charge is 0.257 e. The Balaban J connectivity index is 1.64. The molecule has 4 aromatic rings. The van der Waals surface area contributed by atoms with E-state index < -0.39 is 23.3 Å². The molecular formula is C22H12F2N4O2. The molecule has 8 heteroatoms. The van der Waals surface area contributed by atoms with Crippen LogP contribution in [0.1, 0.15) is 15.9 Å². The summed E-state index contributed by atoms with van der Waals surface area (Å²) in [6.45, 7) is 0. The van der Waals surface area contributed by atoms with Crippen LogP contribution >= 0.6 is 0 Å². The molecule has 2 heterocycles. The van der Waals surface area contributed by atoms with Gasteiger partial charge in [0.25, 0.3) is 5.91 Å². The number of phenols is 1. The molecule has 0 aliphatic carbocycles. The second kappa shape index (κ2) is 7.56. The van der Waals surface area contributed by atoms with Crippen molar-refractivity contribution in [3.63, 3.8) is 0 Å². The van der Waals surface area contributed by atoms with Crippen LogP contribution < -0.4 is 5.32 Å². The van der Waals surface area contributed by atoms with Gasteiger partial charge in [-0.05, 0) is 54.1 Å². The van der Waals surface area contributed by atoms with E-state index in [4.69, 9.17) is 5.26 Å². The minimum absolute atomic E-state index is 0.0377. The molecule has 0 radical (unpaired) electrons. The predicted octanol–water partition coefficient (Wildman–Crippen LogP) is 4.40. The van der Waals surface area contributed by atoms with Crippen molar-refractivity contribution in [3.05, 3.63) is 83.6 Å². The molecule has 0 fully saturated rings. The first-order valence-electron chi connectivity index (χ1n) is 8.72. The zero-order valence-electron chi connectivity index (χ0n) is 15.2. The molecule has 2 aromatic heterocycles. The Labute approximate surface area is 169 Å². The number of aromatic hydroxyl groups is 1. The standard InChI is InChI=1S/C22H12F2N4O2/c23-16-8-13(3-4-14(16)11-25)20-17(24)9-15(10-18(20)29)22(30)28-19-6-5-12-2-1-7-26-21(12)27-19/h1-10,29H,(H,26,27,28,30). The van der Waals surface area contributed by atoms with Gasteiger partial charge in [0.15, 0.2) is 5.65 Å². The molecule has 0 spiro atoms. The van der Waals surface area contributed by atoms with Crippen molar-refractivity contribution < 1.29 is 18.7 Å². The van der Waals surface area contributed by atoms with Gasteiger partial charge in [-0.25, -0.2) is 18.7 Å². The number of benzene rings is 2. The molecule has 4 rings (SSSR count). The van der Waals surface area contributed by atoms with E-state index in [2.05, 4.69) is 15.3 Å². The first kappa shape index (κ1) is 19.0. The fourth-order valence-electron chi connectivity index (χ4n) is 2.98. The van der Waals surface area contributed by atoms with Crippen molar-refractivity contribution >= 4 is 22.8 Å². The van der Waals surface area contributed by atoms with Crippen LogP contribution in [0.25, 0.3) is 22.2 Å². The SMILES string of the molecule is N#Cc1ccc(-c2c(O)cc(C(=O)Nc3ccc4cccnc4n3)cc2F)cc1F. The van der Waals surface area contributed by atoms with Gasteiger partial charge in [0.1, 0.15) is 29.3 Å². The van der Waals surface area contributed by atoms with E-state index in [0.717, 1.165) is 23.6 Å². The van der Waals surface area contributed by atoms with Crippen molar-refractivity contribution in [2.45, 2.75) is 0 Å². The van der Waals surface area contributed by atoms with E-state index in [1.807, 2.05) is 6.07 Å². The number of nitrogens with zero attached hydrogens (tertiary/aromatic N) is 3. The van der Waals surface area contributed by atoms with Crippen LogP contribution in [0.2, 0.25) is 0 Å². The molecule has 146 valence electrons. The third-order valence-corrected chi connectivity index (χ3v) is 4.42. The molecule has 2 aromatic carbocycles. The van der Waals surface area contributed by atoms with E-state index in [-0.39, 0.29) is 28.1 Å². The summed E-state index contributed by atoms with van der Waals surface area (Å²) in [5, 5.41) is 22.4. The van der Waals surface area contributed by atoms with Crippen LogP contribution in [-0.2, 0) is 0 Å².